The molecule has 1 fully saturated rings. The number of fused-ring (bicyclic) bond motifs is 1. The first kappa shape index (κ1) is 18.2. The van der Waals surface area contributed by atoms with Gasteiger partial charge in [0, 0.05) is 5.56 Å². The molecule has 2 atom stereocenters. The molecule has 2 aliphatic rings. The number of benzene rings is 1. The molecular formula is C22H30O3. The van der Waals surface area contributed by atoms with Crippen molar-refractivity contribution in [1.29, 1.82) is 0 Å². The van der Waals surface area contributed by atoms with E-state index in [2.05, 4.69) is 39.8 Å². The Kier molecular flexibility index (Phi) is 4.78. The number of carbonyl (C=O) groups is 2. The second-order valence-corrected chi connectivity index (χ2v) is 9.05. The van der Waals surface area contributed by atoms with E-state index in [9.17, 15) is 9.59 Å². The van der Waals surface area contributed by atoms with Gasteiger partial charge in [0.1, 0.15) is 6.10 Å². The van der Waals surface area contributed by atoms with Crippen LogP contribution in [0.3, 0.4) is 0 Å². The lowest BCUT2D eigenvalue weighted by atomic mass is 9.62. The summed E-state index contributed by atoms with van der Waals surface area (Å²) in [7, 11) is 0. The number of Topliss-reactive ketones (excluding diaryl/α,β-unsaturated/α-hetero) is 1. The fourth-order valence-electron chi connectivity index (χ4n) is 4.59. The highest BCUT2D eigenvalue weighted by Gasteiger charge is 2.38. The maximum absolute atomic E-state index is 13.1. The van der Waals surface area contributed by atoms with Crippen LogP contribution in [-0.2, 0) is 20.4 Å². The largest absolute Gasteiger partial charge is 0.464 e. The fraction of sp³-hybridized carbons (Fsp3) is 0.636. The zero-order valence-corrected chi connectivity index (χ0v) is 15.9. The average Bonchev–Trinajstić information content (AvgIpc) is 2.59. The summed E-state index contributed by atoms with van der Waals surface area (Å²) in [4.78, 5) is 23.9. The topological polar surface area (TPSA) is 43.4 Å². The molecule has 0 aromatic heterocycles. The van der Waals surface area contributed by atoms with Crippen LogP contribution < -0.4 is 0 Å². The quantitative estimate of drug-likeness (QED) is 0.574. The van der Waals surface area contributed by atoms with Crippen molar-refractivity contribution in [1.82, 2.24) is 0 Å². The van der Waals surface area contributed by atoms with E-state index >= 15 is 0 Å². The summed E-state index contributed by atoms with van der Waals surface area (Å²) in [6, 6.07) is 6.25. The monoisotopic (exact) mass is 342 g/mol. The normalized spacial score (nSPS) is 27.2. The lowest BCUT2D eigenvalue weighted by Crippen LogP contribution is -2.36. The molecule has 3 heteroatoms. The van der Waals surface area contributed by atoms with Gasteiger partial charge in [0.25, 0.3) is 6.47 Å². The molecule has 0 N–H and O–H groups in total. The third kappa shape index (κ3) is 3.38. The molecule has 0 radical (unpaired) electrons. The Morgan fingerprint density at radius 1 is 1.04 bits per heavy atom. The SMILES string of the molecule is CC1(C)CCC(C)(C)c2cc(C(=O)C3CCCCC3OC=O)ccc21. The second-order valence-electron chi connectivity index (χ2n) is 9.05. The number of ether oxygens (including phenoxy) is 1. The average molecular weight is 342 g/mol. The van der Waals surface area contributed by atoms with E-state index < -0.39 is 0 Å². The maximum Gasteiger partial charge on any atom is 0.293 e. The Morgan fingerprint density at radius 3 is 2.36 bits per heavy atom. The third-order valence-electron chi connectivity index (χ3n) is 6.41. The molecule has 3 rings (SSSR count). The highest BCUT2D eigenvalue weighted by atomic mass is 16.5. The number of ketones is 1. The molecule has 1 aromatic rings. The van der Waals surface area contributed by atoms with Crippen LogP contribution in [0.25, 0.3) is 0 Å². The van der Waals surface area contributed by atoms with Crippen molar-refractivity contribution < 1.29 is 14.3 Å². The van der Waals surface area contributed by atoms with Crippen molar-refractivity contribution in [2.45, 2.75) is 83.2 Å². The smallest absolute Gasteiger partial charge is 0.293 e. The zero-order valence-electron chi connectivity index (χ0n) is 15.9. The Morgan fingerprint density at radius 2 is 1.68 bits per heavy atom. The Bertz CT molecular complexity index is 672. The molecule has 2 aliphatic carbocycles. The minimum Gasteiger partial charge on any atom is -0.464 e. The maximum atomic E-state index is 13.1. The van der Waals surface area contributed by atoms with E-state index in [0.717, 1.165) is 44.1 Å². The number of hydrogen-bond donors (Lipinski definition) is 0. The van der Waals surface area contributed by atoms with Gasteiger partial charge in [-0.1, -0.05) is 46.2 Å². The van der Waals surface area contributed by atoms with E-state index in [-0.39, 0.29) is 28.6 Å². The second kappa shape index (κ2) is 6.59. The van der Waals surface area contributed by atoms with Crippen molar-refractivity contribution in [3.8, 4) is 0 Å². The van der Waals surface area contributed by atoms with Gasteiger partial charge in [-0.05, 0) is 60.1 Å². The molecule has 1 saturated carbocycles. The minimum absolute atomic E-state index is 0.0897. The molecule has 0 aliphatic heterocycles. The van der Waals surface area contributed by atoms with E-state index in [1.165, 1.54) is 11.1 Å². The van der Waals surface area contributed by atoms with Crippen LogP contribution in [0.2, 0.25) is 0 Å². The highest BCUT2D eigenvalue weighted by molar-refractivity contribution is 5.98. The minimum atomic E-state index is -0.265. The number of hydrogen-bond acceptors (Lipinski definition) is 3. The van der Waals surface area contributed by atoms with Gasteiger partial charge >= 0.3 is 0 Å². The molecule has 2 unspecified atom stereocenters. The summed E-state index contributed by atoms with van der Waals surface area (Å²) in [5.41, 5.74) is 3.69. The molecule has 0 saturated heterocycles. The predicted octanol–water partition coefficient (Wildman–Crippen LogP) is 4.95. The number of rotatable bonds is 4. The van der Waals surface area contributed by atoms with Crippen molar-refractivity contribution in [3.63, 3.8) is 0 Å². The van der Waals surface area contributed by atoms with Crippen molar-refractivity contribution in [2.75, 3.05) is 0 Å². The van der Waals surface area contributed by atoms with Crippen LogP contribution in [0.1, 0.15) is 87.7 Å². The lowest BCUT2D eigenvalue weighted by molar-refractivity contribution is -0.136. The molecular weight excluding hydrogens is 312 g/mol. The Labute approximate surface area is 151 Å². The molecule has 0 amide bonds. The van der Waals surface area contributed by atoms with Gasteiger partial charge in [-0.3, -0.25) is 9.59 Å². The predicted molar refractivity (Wildman–Crippen MR) is 99.0 cm³/mol. The first-order chi connectivity index (χ1) is 11.8. The molecule has 0 bridgehead atoms. The van der Waals surface area contributed by atoms with E-state index in [0.29, 0.717) is 6.47 Å². The summed E-state index contributed by atoms with van der Waals surface area (Å²) < 4.78 is 5.22. The van der Waals surface area contributed by atoms with Crippen LogP contribution >= 0.6 is 0 Å². The summed E-state index contributed by atoms with van der Waals surface area (Å²) in [6.45, 7) is 9.62. The van der Waals surface area contributed by atoms with Crippen molar-refractivity contribution >= 4 is 12.3 Å². The van der Waals surface area contributed by atoms with Gasteiger partial charge in [-0.15, -0.1) is 0 Å². The van der Waals surface area contributed by atoms with Crippen LogP contribution in [0.5, 0.6) is 0 Å². The van der Waals surface area contributed by atoms with Gasteiger partial charge in [0.2, 0.25) is 0 Å². The first-order valence-corrected chi connectivity index (χ1v) is 9.54. The summed E-state index contributed by atoms with van der Waals surface area (Å²) in [5.74, 6) is -0.0646. The van der Waals surface area contributed by atoms with Crippen LogP contribution in [-0.4, -0.2) is 18.4 Å². The Balaban J connectivity index is 1.95. The molecule has 1 aromatic carbocycles. The third-order valence-corrected chi connectivity index (χ3v) is 6.41. The fourth-order valence-corrected chi connectivity index (χ4v) is 4.59. The van der Waals surface area contributed by atoms with Gasteiger partial charge in [-0.25, -0.2) is 0 Å². The lowest BCUT2D eigenvalue weighted by Gasteiger charge is -2.42. The summed E-state index contributed by atoms with van der Waals surface area (Å²) in [6.07, 6.45) is 5.68. The molecule has 3 nitrogen and oxygen atoms in total. The molecule has 136 valence electrons. The summed E-state index contributed by atoms with van der Waals surface area (Å²) >= 11 is 0. The van der Waals surface area contributed by atoms with Gasteiger partial charge in [-0.2, -0.15) is 0 Å². The highest BCUT2D eigenvalue weighted by Crippen LogP contribution is 2.46. The first-order valence-electron chi connectivity index (χ1n) is 9.54. The Hall–Kier alpha value is -1.64. The standard InChI is InChI=1S/C22H30O3/c1-21(2)11-12-22(3,4)18-13-15(9-10-17(18)21)20(24)16-7-5-6-8-19(16)25-14-23/h9-10,13-14,16,19H,5-8,11-12H2,1-4H3. The van der Waals surface area contributed by atoms with Crippen LogP contribution in [0, 0.1) is 5.92 Å². The van der Waals surface area contributed by atoms with Crippen LogP contribution in [0.15, 0.2) is 18.2 Å². The molecule has 25 heavy (non-hydrogen) atoms. The molecule has 0 spiro atoms. The van der Waals surface area contributed by atoms with Crippen molar-refractivity contribution in [3.05, 3.63) is 34.9 Å². The molecule has 0 heterocycles. The number of carbonyl (C=O) groups excluding carboxylic acids is 2. The van der Waals surface area contributed by atoms with Gasteiger partial charge in [0.05, 0.1) is 5.92 Å². The van der Waals surface area contributed by atoms with Gasteiger partial charge < -0.3 is 4.74 Å². The summed E-state index contributed by atoms with van der Waals surface area (Å²) in [5, 5.41) is 0. The van der Waals surface area contributed by atoms with E-state index in [4.69, 9.17) is 4.74 Å². The van der Waals surface area contributed by atoms with Gasteiger partial charge in [0.15, 0.2) is 5.78 Å². The zero-order chi connectivity index (χ0) is 18.2. The van der Waals surface area contributed by atoms with E-state index in [1.807, 2.05) is 6.07 Å². The van der Waals surface area contributed by atoms with Crippen molar-refractivity contribution in [2.24, 2.45) is 5.92 Å². The van der Waals surface area contributed by atoms with E-state index in [1.54, 1.807) is 0 Å². The van der Waals surface area contributed by atoms with Crippen LogP contribution in [0.4, 0.5) is 0 Å².